The van der Waals surface area contributed by atoms with E-state index < -0.39 is 0 Å². The van der Waals surface area contributed by atoms with E-state index in [4.69, 9.17) is 4.74 Å². The van der Waals surface area contributed by atoms with Crippen LogP contribution in [-0.4, -0.2) is 18.6 Å². The molecule has 0 bridgehead atoms. The van der Waals surface area contributed by atoms with E-state index in [0.29, 0.717) is 12.2 Å². The number of carbonyl (C=O) groups excluding carboxylic acids is 1. The minimum absolute atomic E-state index is 0.0265. The molecule has 1 aromatic rings. The summed E-state index contributed by atoms with van der Waals surface area (Å²) in [4.78, 5) is 11.8. The zero-order valence-electron chi connectivity index (χ0n) is 10.8. The molecule has 0 saturated heterocycles. The molecular formula is C14H21NO2. The summed E-state index contributed by atoms with van der Waals surface area (Å²) >= 11 is 0. The fraction of sp³-hybridized carbons (Fsp3) is 0.500. The number of nitrogens with one attached hydrogen (secondary N) is 1. The van der Waals surface area contributed by atoms with Crippen molar-refractivity contribution in [1.29, 1.82) is 0 Å². The highest BCUT2D eigenvalue weighted by molar-refractivity contribution is 5.94. The van der Waals surface area contributed by atoms with E-state index in [1.54, 1.807) is 12.1 Å². The van der Waals surface area contributed by atoms with Crippen LogP contribution in [0, 0.1) is 0 Å². The quantitative estimate of drug-likeness (QED) is 0.823. The number of amides is 1. The topological polar surface area (TPSA) is 38.3 Å². The molecule has 0 aliphatic rings. The van der Waals surface area contributed by atoms with E-state index in [2.05, 4.69) is 12.2 Å². The van der Waals surface area contributed by atoms with Crippen LogP contribution in [0.2, 0.25) is 0 Å². The van der Waals surface area contributed by atoms with E-state index >= 15 is 0 Å². The van der Waals surface area contributed by atoms with Crippen LogP contribution in [0.15, 0.2) is 24.3 Å². The molecule has 0 aliphatic carbocycles. The Hall–Kier alpha value is -1.51. The molecule has 0 spiro atoms. The van der Waals surface area contributed by atoms with Crippen LogP contribution in [0.4, 0.5) is 0 Å². The maximum absolute atomic E-state index is 11.8. The molecule has 1 rings (SSSR count). The Morgan fingerprint density at radius 1 is 1.29 bits per heavy atom. The third kappa shape index (κ3) is 4.47. The Morgan fingerprint density at radius 3 is 2.47 bits per heavy atom. The normalized spacial score (nSPS) is 11.9. The van der Waals surface area contributed by atoms with Crippen LogP contribution in [0.25, 0.3) is 0 Å². The van der Waals surface area contributed by atoms with Gasteiger partial charge in [0.05, 0.1) is 6.61 Å². The zero-order chi connectivity index (χ0) is 12.7. The van der Waals surface area contributed by atoms with Crippen LogP contribution in [0.1, 0.15) is 44.0 Å². The largest absolute Gasteiger partial charge is 0.494 e. The van der Waals surface area contributed by atoms with E-state index in [9.17, 15) is 4.79 Å². The molecule has 1 aromatic carbocycles. The molecule has 1 unspecified atom stereocenters. The van der Waals surface area contributed by atoms with Crippen molar-refractivity contribution >= 4 is 5.91 Å². The van der Waals surface area contributed by atoms with Gasteiger partial charge in [-0.2, -0.15) is 0 Å². The number of carbonyl (C=O) groups is 1. The highest BCUT2D eigenvalue weighted by Crippen LogP contribution is 2.12. The van der Waals surface area contributed by atoms with Gasteiger partial charge in [0.1, 0.15) is 5.75 Å². The molecule has 1 amide bonds. The summed E-state index contributed by atoms with van der Waals surface area (Å²) < 4.78 is 5.46. The van der Waals surface area contributed by atoms with Crippen LogP contribution in [0.5, 0.6) is 5.75 Å². The molecule has 0 saturated carbocycles. The third-order valence-corrected chi connectivity index (χ3v) is 2.58. The Morgan fingerprint density at radius 2 is 1.94 bits per heavy atom. The smallest absolute Gasteiger partial charge is 0.251 e. The second-order valence-corrected chi connectivity index (χ2v) is 4.16. The fourth-order valence-electron chi connectivity index (χ4n) is 1.33. The molecule has 3 heteroatoms. The Bertz CT molecular complexity index is 346. The second-order valence-electron chi connectivity index (χ2n) is 4.16. The SMILES string of the molecule is CCCOc1ccc(C(=O)NC(C)CC)cc1. The standard InChI is InChI=1S/C14H21NO2/c1-4-10-17-13-8-6-12(7-9-13)14(16)15-11(3)5-2/h6-9,11H,4-5,10H2,1-3H3,(H,15,16). The molecule has 3 nitrogen and oxygen atoms in total. The van der Waals surface area contributed by atoms with Gasteiger partial charge in [0.15, 0.2) is 0 Å². The zero-order valence-corrected chi connectivity index (χ0v) is 10.8. The molecule has 0 heterocycles. The van der Waals surface area contributed by atoms with Crippen LogP contribution >= 0.6 is 0 Å². The predicted molar refractivity (Wildman–Crippen MR) is 69.4 cm³/mol. The third-order valence-electron chi connectivity index (χ3n) is 2.58. The number of hydrogen-bond donors (Lipinski definition) is 1. The van der Waals surface area contributed by atoms with Crippen molar-refractivity contribution in [1.82, 2.24) is 5.32 Å². The molecule has 1 N–H and O–H groups in total. The van der Waals surface area contributed by atoms with E-state index in [-0.39, 0.29) is 11.9 Å². The lowest BCUT2D eigenvalue weighted by molar-refractivity contribution is 0.0939. The average molecular weight is 235 g/mol. The first kappa shape index (κ1) is 13.6. The van der Waals surface area contributed by atoms with Crippen molar-refractivity contribution in [3.05, 3.63) is 29.8 Å². The summed E-state index contributed by atoms with van der Waals surface area (Å²) in [6, 6.07) is 7.46. The van der Waals surface area contributed by atoms with Gasteiger partial charge in [0.25, 0.3) is 5.91 Å². The molecule has 0 aliphatic heterocycles. The Kier molecular flexibility index (Phi) is 5.53. The number of rotatable bonds is 6. The number of hydrogen-bond acceptors (Lipinski definition) is 2. The first-order valence-electron chi connectivity index (χ1n) is 6.21. The summed E-state index contributed by atoms with van der Waals surface area (Å²) in [6.45, 7) is 6.82. The van der Waals surface area contributed by atoms with Gasteiger partial charge in [0.2, 0.25) is 0 Å². The monoisotopic (exact) mass is 235 g/mol. The lowest BCUT2D eigenvalue weighted by Gasteiger charge is -2.11. The highest BCUT2D eigenvalue weighted by Gasteiger charge is 2.08. The van der Waals surface area contributed by atoms with Crippen molar-refractivity contribution < 1.29 is 9.53 Å². The van der Waals surface area contributed by atoms with Crippen LogP contribution in [0.3, 0.4) is 0 Å². The molecule has 0 fully saturated rings. The van der Waals surface area contributed by atoms with Gasteiger partial charge in [-0.25, -0.2) is 0 Å². The van der Waals surface area contributed by atoms with Gasteiger partial charge in [-0.1, -0.05) is 13.8 Å². The van der Waals surface area contributed by atoms with Crippen molar-refractivity contribution in [3.8, 4) is 5.75 Å². The number of ether oxygens (including phenoxy) is 1. The van der Waals surface area contributed by atoms with Gasteiger partial charge in [-0.3, -0.25) is 4.79 Å². The van der Waals surface area contributed by atoms with Crippen molar-refractivity contribution in [3.63, 3.8) is 0 Å². The summed E-state index contributed by atoms with van der Waals surface area (Å²) in [5, 5.41) is 2.93. The first-order chi connectivity index (χ1) is 8.17. The van der Waals surface area contributed by atoms with Gasteiger partial charge in [-0.15, -0.1) is 0 Å². The average Bonchev–Trinajstić information content (AvgIpc) is 2.36. The maximum Gasteiger partial charge on any atom is 0.251 e. The first-order valence-corrected chi connectivity index (χ1v) is 6.21. The van der Waals surface area contributed by atoms with Crippen molar-refractivity contribution in [2.45, 2.75) is 39.7 Å². The van der Waals surface area contributed by atoms with E-state index in [1.807, 2.05) is 26.0 Å². The van der Waals surface area contributed by atoms with Crippen molar-refractivity contribution in [2.75, 3.05) is 6.61 Å². The Labute approximate surface area is 103 Å². The highest BCUT2D eigenvalue weighted by atomic mass is 16.5. The lowest BCUT2D eigenvalue weighted by Crippen LogP contribution is -2.31. The van der Waals surface area contributed by atoms with Crippen molar-refractivity contribution in [2.24, 2.45) is 0 Å². The summed E-state index contributed by atoms with van der Waals surface area (Å²) in [6.07, 6.45) is 1.92. The van der Waals surface area contributed by atoms with E-state index in [0.717, 1.165) is 18.6 Å². The summed E-state index contributed by atoms with van der Waals surface area (Å²) in [7, 11) is 0. The Balaban J connectivity index is 2.57. The fourth-order valence-corrected chi connectivity index (χ4v) is 1.33. The predicted octanol–water partition coefficient (Wildman–Crippen LogP) is 3.00. The minimum Gasteiger partial charge on any atom is -0.494 e. The van der Waals surface area contributed by atoms with Gasteiger partial charge >= 0.3 is 0 Å². The number of benzene rings is 1. The van der Waals surface area contributed by atoms with Crippen LogP contribution < -0.4 is 10.1 Å². The van der Waals surface area contributed by atoms with Crippen LogP contribution in [-0.2, 0) is 0 Å². The summed E-state index contributed by atoms with van der Waals surface area (Å²) in [5.41, 5.74) is 0.675. The minimum atomic E-state index is -0.0265. The van der Waals surface area contributed by atoms with Gasteiger partial charge in [-0.05, 0) is 44.0 Å². The molecule has 0 radical (unpaired) electrons. The molecule has 0 aromatic heterocycles. The van der Waals surface area contributed by atoms with E-state index in [1.165, 1.54) is 0 Å². The van der Waals surface area contributed by atoms with Gasteiger partial charge < -0.3 is 10.1 Å². The molecule has 17 heavy (non-hydrogen) atoms. The lowest BCUT2D eigenvalue weighted by atomic mass is 10.2. The maximum atomic E-state index is 11.8. The molecular weight excluding hydrogens is 214 g/mol. The molecule has 1 atom stereocenters. The second kappa shape index (κ2) is 6.94. The summed E-state index contributed by atoms with van der Waals surface area (Å²) in [5.74, 6) is 0.785. The van der Waals surface area contributed by atoms with Gasteiger partial charge in [0, 0.05) is 11.6 Å². The molecule has 94 valence electrons.